The van der Waals surface area contributed by atoms with Gasteiger partial charge in [-0.25, -0.2) is 4.98 Å². The van der Waals surface area contributed by atoms with Crippen LogP contribution < -0.4 is 15.4 Å². The second-order valence-electron chi connectivity index (χ2n) is 6.66. The minimum absolute atomic E-state index is 0.0284. The summed E-state index contributed by atoms with van der Waals surface area (Å²) in [5.74, 6) is 0.981. The lowest BCUT2D eigenvalue weighted by Crippen LogP contribution is -2.42. The average molecular weight is 357 g/mol. The Kier molecular flexibility index (Phi) is 4.72. The van der Waals surface area contributed by atoms with Crippen LogP contribution in [0.4, 0.5) is 0 Å². The summed E-state index contributed by atoms with van der Waals surface area (Å²) in [6.45, 7) is 0.941. The van der Waals surface area contributed by atoms with Crippen LogP contribution in [0.25, 0.3) is 10.6 Å². The quantitative estimate of drug-likeness (QED) is 0.883. The molecule has 6 heteroatoms. The number of benzene rings is 1. The Hall–Kier alpha value is -1.92. The third-order valence-corrected chi connectivity index (χ3v) is 6.24. The van der Waals surface area contributed by atoms with Gasteiger partial charge < -0.3 is 15.4 Å². The van der Waals surface area contributed by atoms with Gasteiger partial charge in [0.05, 0.1) is 29.8 Å². The molecule has 2 unspecified atom stereocenters. The summed E-state index contributed by atoms with van der Waals surface area (Å²) >= 11 is 1.71. The molecule has 5 nitrogen and oxygen atoms in total. The SMILES string of the molecule is COc1ccc(-c2nc3c(s2)C(NC(=O)C2CCCN2)CCC3)cc1. The first kappa shape index (κ1) is 16.5. The number of carbonyl (C=O) groups is 1. The fraction of sp³-hybridized carbons (Fsp3) is 0.474. The summed E-state index contributed by atoms with van der Waals surface area (Å²) in [5.41, 5.74) is 2.24. The number of ether oxygens (including phenoxy) is 1. The van der Waals surface area contributed by atoms with Crippen LogP contribution in [-0.2, 0) is 11.2 Å². The summed E-state index contributed by atoms with van der Waals surface area (Å²) in [5, 5.41) is 7.55. The zero-order valence-electron chi connectivity index (χ0n) is 14.4. The lowest BCUT2D eigenvalue weighted by molar-refractivity contribution is -0.123. The monoisotopic (exact) mass is 357 g/mol. The molecule has 1 fully saturated rings. The average Bonchev–Trinajstić information content (AvgIpc) is 3.32. The highest BCUT2D eigenvalue weighted by Gasteiger charge is 2.29. The molecule has 2 atom stereocenters. The molecule has 1 amide bonds. The van der Waals surface area contributed by atoms with Crippen LogP contribution in [-0.4, -0.2) is 30.6 Å². The van der Waals surface area contributed by atoms with Crippen molar-refractivity contribution in [3.8, 4) is 16.3 Å². The zero-order chi connectivity index (χ0) is 17.2. The molecule has 2 aliphatic rings. The Morgan fingerprint density at radius 3 is 2.84 bits per heavy atom. The molecule has 25 heavy (non-hydrogen) atoms. The Labute approximate surface area is 151 Å². The summed E-state index contributed by atoms with van der Waals surface area (Å²) in [7, 11) is 1.67. The summed E-state index contributed by atoms with van der Waals surface area (Å²) < 4.78 is 5.23. The van der Waals surface area contributed by atoms with Crippen LogP contribution in [0.5, 0.6) is 5.75 Å². The van der Waals surface area contributed by atoms with E-state index in [1.807, 2.05) is 24.3 Å². The maximum atomic E-state index is 12.5. The van der Waals surface area contributed by atoms with Crippen LogP contribution in [0.1, 0.15) is 42.3 Å². The third kappa shape index (κ3) is 3.41. The number of methoxy groups -OCH3 is 1. The predicted octanol–water partition coefficient (Wildman–Crippen LogP) is 3.06. The molecule has 2 aromatic rings. The molecule has 1 aromatic heterocycles. The van der Waals surface area contributed by atoms with Crippen molar-refractivity contribution in [1.82, 2.24) is 15.6 Å². The van der Waals surface area contributed by atoms with Crippen molar-refractivity contribution >= 4 is 17.2 Å². The van der Waals surface area contributed by atoms with Crippen LogP contribution >= 0.6 is 11.3 Å². The van der Waals surface area contributed by atoms with Crippen LogP contribution in [0.3, 0.4) is 0 Å². The fourth-order valence-electron chi connectivity index (χ4n) is 3.60. The van der Waals surface area contributed by atoms with Gasteiger partial charge in [-0.2, -0.15) is 0 Å². The highest BCUT2D eigenvalue weighted by Crippen LogP contribution is 2.38. The van der Waals surface area contributed by atoms with Crippen molar-refractivity contribution in [2.24, 2.45) is 0 Å². The van der Waals surface area contributed by atoms with Gasteiger partial charge in [0.2, 0.25) is 5.91 Å². The minimum atomic E-state index is -0.0284. The summed E-state index contributed by atoms with van der Waals surface area (Å²) in [6.07, 6.45) is 5.08. The number of thiazole rings is 1. The number of aromatic nitrogens is 1. The Morgan fingerprint density at radius 2 is 2.12 bits per heavy atom. The molecule has 0 spiro atoms. The number of rotatable bonds is 4. The van der Waals surface area contributed by atoms with Crippen molar-refractivity contribution in [2.45, 2.75) is 44.2 Å². The molecule has 0 saturated carbocycles. The highest BCUT2D eigenvalue weighted by atomic mass is 32.1. The molecule has 1 saturated heterocycles. The molecular weight excluding hydrogens is 334 g/mol. The fourth-order valence-corrected chi connectivity index (χ4v) is 4.80. The van der Waals surface area contributed by atoms with E-state index in [0.717, 1.165) is 60.7 Å². The van der Waals surface area contributed by atoms with E-state index < -0.39 is 0 Å². The summed E-state index contributed by atoms with van der Waals surface area (Å²) in [6, 6.07) is 8.07. The van der Waals surface area contributed by atoms with E-state index in [2.05, 4.69) is 10.6 Å². The zero-order valence-corrected chi connectivity index (χ0v) is 15.2. The lowest BCUT2D eigenvalue weighted by Gasteiger charge is -2.24. The van der Waals surface area contributed by atoms with Crippen LogP contribution in [0.15, 0.2) is 24.3 Å². The number of fused-ring (bicyclic) bond motifs is 1. The van der Waals surface area contributed by atoms with Gasteiger partial charge in [0.15, 0.2) is 0 Å². The number of hydrogen-bond donors (Lipinski definition) is 2. The number of amides is 1. The molecule has 2 heterocycles. The van der Waals surface area contributed by atoms with Crippen molar-refractivity contribution in [2.75, 3.05) is 13.7 Å². The van der Waals surface area contributed by atoms with Crippen molar-refractivity contribution < 1.29 is 9.53 Å². The standard InChI is InChI=1S/C19H23N3O2S/c1-24-13-9-7-12(8-10-13)19-22-15-5-2-4-14(17(15)25-19)21-18(23)16-6-3-11-20-16/h7-10,14,16,20H,2-6,11H2,1H3,(H,21,23). The van der Waals surface area contributed by atoms with Crippen molar-refractivity contribution in [3.63, 3.8) is 0 Å². The molecule has 2 N–H and O–H groups in total. The van der Waals surface area contributed by atoms with Gasteiger partial charge in [-0.05, 0) is 62.9 Å². The molecule has 132 valence electrons. The number of hydrogen-bond acceptors (Lipinski definition) is 5. The normalized spacial score (nSPS) is 22.4. The molecule has 4 rings (SSSR count). The number of nitrogens with zero attached hydrogens (tertiary/aromatic N) is 1. The number of carbonyl (C=O) groups excluding carboxylic acids is 1. The first-order valence-electron chi connectivity index (χ1n) is 8.92. The van der Waals surface area contributed by atoms with Crippen LogP contribution in [0.2, 0.25) is 0 Å². The van der Waals surface area contributed by atoms with Gasteiger partial charge in [-0.15, -0.1) is 11.3 Å². The van der Waals surface area contributed by atoms with Gasteiger partial charge in [0.1, 0.15) is 10.8 Å². The Morgan fingerprint density at radius 1 is 1.28 bits per heavy atom. The van der Waals surface area contributed by atoms with E-state index in [-0.39, 0.29) is 18.0 Å². The van der Waals surface area contributed by atoms with E-state index in [9.17, 15) is 4.79 Å². The first-order valence-corrected chi connectivity index (χ1v) is 9.74. The van der Waals surface area contributed by atoms with Gasteiger partial charge in [-0.3, -0.25) is 4.79 Å². The predicted molar refractivity (Wildman–Crippen MR) is 98.9 cm³/mol. The highest BCUT2D eigenvalue weighted by molar-refractivity contribution is 7.15. The van der Waals surface area contributed by atoms with Gasteiger partial charge in [0.25, 0.3) is 0 Å². The smallest absolute Gasteiger partial charge is 0.237 e. The van der Waals surface area contributed by atoms with Gasteiger partial charge in [0, 0.05) is 5.56 Å². The minimum Gasteiger partial charge on any atom is -0.497 e. The molecule has 0 bridgehead atoms. The molecule has 1 aliphatic heterocycles. The molecule has 0 radical (unpaired) electrons. The summed E-state index contributed by atoms with van der Waals surface area (Å²) in [4.78, 5) is 18.5. The van der Waals surface area contributed by atoms with Crippen molar-refractivity contribution in [1.29, 1.82) is 0 Å². The van der Waals surface area contributed by atoms with Crippen molar-refractivity contribution in [3.05, 3.63) is 34.8 Å². The molecule has 1 aromatic carbocycles. The van der Waals surface area contributed by atoms with Gasteiger partial charge >= 0.3 is 0 Å². The van der Waals surface area contributed by atoms with Crippen LogP contribution in [0, 0.1) is 0 Å². The van der Waals surface area contributed by atoms with E-state index in [1.165, 1.54) is 4.88 Å². The first-order chi connectivity index (χ1) is 12.2. The Balaban J connectivity index is 1.54. The molecular formula is C19H23N3O2S. The Bertz CT molecular complexity index is 751. The molecule has 1 aliphatic carbocycles. The second-order valence-corrected chi connectivity index (χ2v) is 7.69. The maximum Gasteiger partial charge on any atom is 0.237 e. The second kappa shape index (κ2) is 7.14. The number of nitrogens with one attached hydrogen (secondary N) is 2. The topological polar surface area (TPSA) is 63.2 Å². The van der Waals surface area contributed by atoms with E-state index >= 15 is 0 Å². The number of aryl methyl sites for hydroxylation is 1. The maximum absolute atomic E-state index is 12.5. The lowest BCUT2D eigenvalue weighted by atomic mass is 9.97. The largest absolute Gasteiger partial charge is 0.497 e. The van der Waals surface area contributed by atoms with Gasteiger partial charge in [-0.1, -0.05) is 0 Å². The van der Waals surface area contributed by atoms with E-state index in [4.69, 9.17) is 9.72 Å². The van der Waals surface area contributed by atoms with E-state index in [0.29, 0.717) is 0 Å². The third-order valence-electron chi connectivity index (χ3n) is 4.98. The van der Waals surface area contributed by atoms with E-state index in [1.54, 1.807) is 18.4 Å².